The van der Waals surface area contributed by atoms with Crippen molar-refractivity contribution < 1.29 is 4.79 Å². The minimum absolute atomic E-state index is 0.169. The lowest BCUT2D eigenvalue weighted by molar-refractivity contribution is -0.118. The van der Waals surface area contributed by atoms with Crippen molar-refractivity contribution in [2.75, 3.05) is 4.90 Å². The molecule has 0 radical (unpaired) electrons. The van der Waals surface area contributed by atoms with Gasteiger partial charge in [-0.15, -0.1) is 0 Å². The Labute approximate surface area is 173 Å². The Morgan fingerprint density at radius 3 is 2.24 bits per heavy atom. The highest BCUT2D eigenvalue weighted by Gasteiger charge is 2.31. The molecular formula is C25H29N3O. The van der Waals surface area contributed by atoms with Gasteiger partial charge in [0.1, 0.15) is 5.82 Å². The molecule has 1 amide bonds. The van der Waals surface area contributed by atoms with Crippen LogP contribution in [0.3, 0.4) is 0 Å². The maximum absolute atomic E-state index is 13.4. The van der Waals surface area contributed by atoms with E-state index in [1.54, 1.807) is 0 Å². The summed E-state index contributed by atoms with van der Waals surface area (Å²) in [4.78, 5) is 19.8. The molecular weight excluding hydrogens is 358 g/mol. The van der Waals surface area contributed by atoms with Gasteiger partial charge in [-0.1, -0.05) is 50.2 Å². The van der Waals surface area contributed by atoms with Gasteiger partial charge < -0.3 is 4.57 Å². The van der Waals surface area contributed by atoms with Crippen molar-refractivity contribution >= 4 is 17.3 Å². The summed E-state index contributed by atoms with van der Waals surface area (Å²) in [5.41, 5.74) is 1.85. The van der Waals surface area contributed by atoms with Gasteiger partial charge in [0, 0.05) is 42.1 Å². The van der Waals surface area contributed by atoms with E-state index in [9.17, 15) is 4.79 Å². The molecule has 1 aliphatic carbocycles. The first-order chi connectivity index (χ1) is 14.1. The Balaban J connectivity index is 1.49. The lowest BCUT2D eigenvalue weighted by Crippen LogP contribution is -2.27. The van der Waals surface area contributed by atoms with E-state index < -0.39 is 0 Å². The van der Waals surface area contributed by atoms with E-state index in [0.29, 0.717) is 24.3 Å². The molecule has 0 N–H and O–H groups in total. The van der Waals surface area contributed by atoms with Gasteiger partial charge in [-0.3, -0.25) is 9.69 Å². The molecule has 150 valence electrons. The van der Waals surface area contributed by atoms with Crippen molar-refractivity contribution in [2.24, 2.45) is 5.92 Å². The number of rotatable bonds is 6. The van der Waals surface area contributed by atoms with Gasteiger partial charge in [0.15, 0.2) is 0 Å². The number of anilines is 2. The van der Waals surface area contributed by atoms with E-state index in [0.717, 1.165) is 36.5 Å². The molecule has 4 nitrogen and oxygen atoms in total. The number of hydrogen-bond acceptors (Lipinski definition) is 2. The van der Waals surface area contributed by atoms with E-state index in [4.69, 9.17) is 0 Å². The number of imidazole rings is 1. The average molecular weight is 388 g/mol. The highest BCUT2D eigenvalue weighted by Crippen LogP contribution is 2.39. The van der Waals surface area contributed by atoms with Crippen LogP contribution in [0.5, 0.6) is 0 Å². The van der Waals surface area contributed by atoms with Gasteiger partial charge in [0.2, 0.25) is 5.91 Å². The fraction of sp³-hybridized carbons (Fsp3) is 0.360. The van der Waals surface area contributed by atoms with Crippen LogP contribution in [-0.4, -0.2) is 15.5 Å². The number of para-hydroxylation sites is 2. The summed E-state index contributed by atoms with van der Waals surface area (Å²) < 4.78 is 2.33. The van der Waals surface area contributed by atoms with Crippen LogP contribution in [0.4, 0.5) is 11.4 Å². The predicted molar refractivity (Wildman–Crippen MR) is 117 cm³/mol. The molecule has 1 aromatic heterocycles. The molecule has 1 fully saturated rings. The Bertz CT molecular complexity index is 893. The smallest absolute Gasteiger partial charge is 0.231 e. The number of carbonyl (C=O) groups is 1. The first-order valence-corrected chi connectivity index (χ1v) is 10.6. The molecule has 0 aliphatic heterocycles. The molecule has 3 aromatic rings. The number of hydrogen-bond donors (Lipinski definition) is 0. The quantitative estimate of drug-likeness (QED) is 0.512. The summed E-state index contributed by atoms with van der Waals surface area (Å²) in [5, 5.41) is 0. The van der Waals surface area contributed by atoms with Crippen LogP contribution in [0.2, 0.25) is 0 Å². The highest BCUT2D eigenvalue weighted by atomic mass is 16.2. The normalized spacial score (nSPS) is 18.9. The Morgan fingerprint density at radius 1 is 1.03 bits per heavy atom. The molecule has 0 bridgehead atoms. The van der Waals surface area contributed by atoms with Crippen LogP contribution in [0.25, 0.3) is 0 Å². The van der Waals surface area contributed by atoms with Crippen molar-refractivity contribution in [1.82, 2.24) is 9.55 Å². The van der Waals surface area contributed by atoms with E-state index in [1.807, 2.05) is 71.8 Å². The lowest BCUT2D eigenvalue weighted by Gasteiger charge is -2.24. The van der Waals surface area contributed by atoms with Crippen LogP contribution in [0.15, 0.2) is 73.1 Å². The molecule has 4 heteroatoms. The maximum Gasteiger partial charge on any atom is 0.231 e. The molecule has 1 aliphatic rings. The van der Waals surface area contributed by atoms with Gasteiger partial charge in [0.05, 0.1) is 0 Å². The highest BCUT2D eigenvalue weighted by molar-refractivity contribution is 6.00. The summed E-state index contributed by atoms with van der Waals surface area (Å²) in [7, 11) is 0. The van der Waals surface area contributed by atoms with E-state index in [-0.39, 0.29) is 5.91 Å². The molecule has 29 heavy (non-hydrogen) atoms. The first kappa shape index (κ1) is 19.4. The molecule has 2 atom stereocenters. The number of aromatic nitrogens is 2. The summed E-state index contributed by atoms with van der Waals surface area (Å²) in [5.74, 6) is 2.14. The number of benzene rings is 2. The fourth-order valence-electron chi connectivity index (χ4n) is 4.50. The third-order valence-electron chi connectivity index (χ3n) is 5.86. The Morgan fingerprint density at radius 2 is 1.66 bits per heavy atom. The molecule has 0 unspecified atom stereocenters. The average Bonchev–Trinajstić information content (AvgIpc) is 3.39. The maximum atomic E-state index is 13.4. The zero-order valence-corrected chi connectivity index (χ0v) is 17.2. The van der Waals surface area contributed by atoms with Crippen LogP contribution in [0.1, 0.15) is 57.3 Å². The lowest BCUT2D eigenvalue weighted by atomic mass is 10.0. The largest absolute Gasteiger partial charge is 0.332 e. The van der Waals surface area contributed by atoms with Crippen LogP contribution in [0, 0.1) is 5.92 Å². The van der Waals surface area contributed by atoms with Gasteiger partial charge in [0.25, 0.3) is 0 Å². The molecule has 1 saturated carbocycles. The Hall–Kier alpha value is -2.88. The van der Waals surface area contributed by atoms with E-state index in [1.165, 1.54) is 0 Å². The Kier molecular flexibility index (Phi) is 5.79. The van der Waals surface area contributed by atoms with Crippen molar-refractivity contribution in [2.45, 2.75) is 51.5 Å². The minimum atomic E-state index is 0.169. The van der Waals surface area contributed by atoms with Gasteiger partial charge in [-0.25, -0.2) is 4.98 Å². The van der Waals surface area contributed by atoms with Gasteiger partial charge in [-0.05, 0) is 49.4 Å². The SMILES string of the molecule is CC(C)c1nccn1[C@H]1CC[C@@H](CC(=O)N(c2ccccc2)c2ccccc2)C1. The third-order valence-corrected chi connectivity index (χ3v) is 5.86. The second-order valence-electron chi connectivity index (χ2n) is 8.28. The molecule has 1 heterocycles. The van der Waals surface area contributed by atoms with Crippen molar-refractivity contribution in [1.29, 1.82) is 0 Å². The minimum Gasteiger partial charge on any atom is -0.332 e. The van der Waals surface area contributed by atoms with Crippen LogP contribution >= 0.6 is 0 Å². The zero-order chi connectivity index (χ0) is 20.2. The zero-order valence-electron chi connectivity index (χ0n) is 17.2. The predicted octanol–water partition coefficient (Wildman–Crippen LogP) is 6.10. The first-order valence-electron chi connectivity index (χ1n) is 10.6. The monoisotopic (exact) mass is 387 g/mol. The summed E-state index contributed by atoms with van der Waals surface area (Å²) in [6.45, 7) is 4.37. The number of carbonyl (C=O) groups excluding carboxylic acids is 1. The number of amides is 1. The molecule has 0 saturated heterocycles. The standard InChI is InChI=1S/C25H29N3O/c1-19(2)25-26-15-16-27(25)23-14-13-20(17-23)18-24(29)28(21-9-5-3-6-10-21)22-11-7-4-8-12-22/h3-12,15-16,19-20,23H,13-14,17-18H2,1-2H3/t20-,23+/m1/s1. The third kappa shape index (κ3) is 4.26. The van der Waals surface area contributed by atoms with E-state index in [2.05, 4.69) is 29.6 Å². The summed E-state index contributed by atoms with van der Waals surface area (Å²) in [6, 6.07) is 20.4. The second kappa shape index (κ2) is 8.64. The molecule has 2 aromatic carbocycles. The fourth-order valence-corrected chi connectivity index (χ4v) is 4.50. The number of nitrogens with zero attached hydrogens (tertiary/aromatic N) is 3. The van der Waals surface area contributed by atoms with E-state index >= 15 is 0 Å². The van der Waals surface area contributed by atoms with Gasteiger partial charge >= 0.3 is 0 Å². The van der Waals surface area contributed by atoms with Crippen molar-refractivity contribution in [3.8, 4) is 0 Å². The molecule has 4 rings (SSSR count). The van der Waals surface area contributed by atoms with Crippen molar-refractivity contribution in [3.63, 3.8) is 0 Å². The van der Waals surface area contributed by atoms with Crippen LogP contribution < -0.4 is 4.90 Å². The van der Waals surface area contributed by atoms with Gasteiger partial charge in [-0.2, -0.15) is 0 Å². The van der Waals surface area contributed by atoms with Crippen LogP contribution in [-0.2, 0) is 4.79 Å². The molecule has 0 spiro atoms. The second-order valence-corrected chi connectivity index (χ2v) is 8.28. The summed E-state index contributed by atoms with van der Waals surface area (Å²) >= 11 is 0. The summed E-state index contributed by atoms with van der Waals surface area (Å²) in [6.07, 6.45) is 7.82. The van der Waals surface area contributed by atoms with Crippen molar-refractivity contribution in [3.05, 3.63) is 78.9 Å². The topological polar surface area (TPSA) is 38.1 Å².